The predicted octanol–water partition coefficient (Wildman–Crippen LogP) is 0.217. The minimum absolute atomic E-state index is 0.232. The minimum Gasteiger partial charge on any atom is -0.349 e. The van der Waals surface area contributed by atoms with E-state index in [2.05, 4.69) is 10.4 Å². The summed E-state index contributed by atoms with van der Waals surface area (Å²) in [5.74, 6) is -1.09. The van der Waals surface area contributed by atoms with Gasteiger partial charge < -0.3 is 10.4 Å². The molecule has 5 nitrogen and oxygen atoms in total. The van der Waals surface area contributed by atoms with Crippen LogP contribution in [0.15, 0.2) is 30.6 Å². The summed E-state index contributed by atoms with van der Waals surface area (Å²) in [7, 11) is 0. The third kappa shape index (κ3) is 1.68. The summed E-state index contributed by atoms with van der Waals surface area (Å²) in [5, 5.41) is 17.5. The van der Waals surface area contributed by atoms with Crippen LogP contribution in [0.2, 0.25) is 0 Å². The van der Waals surface area contributed by atoms with E-state index in [-0.39, 0.29) is 5.78 Å². The molecule has 2 N–H and O–H groups in total. The van der Waals surface area contributed by atoms with Crippen LogP contribution in [-0.2, 0) is 23.5 Å². The molecule has 1 aliphatic carbocycles. The number of aromatic nitrogens is 2. The fraction of sp³-hybridized carbons (Fsp3) is 0.333. The third-order valence-corrected chi connectivity index (χ3v) is 3.09. The molecule has 0 saturated heterocycles. The average molecular weight is 231 g/mol. The maximum absolute atomic E-state index is 11.4. The molecule has 0 bridgehead atoms. The highest BCUT2D eigenvalue weighted by atomic mass is 16.3. The number of ketones is 1. The molecule has 2 aliphatic rings. The van der Waals surface area contributed by atoms with Gasteiger partial charge >= 0.3 is 0 Å². The number of carbonyl (C=O) groups excluding carboxylic acids is 1. The number of hydrogen-bond acceptors (Lipinski definition) is 4. The van der Waals surface area contributed by atoms with Crippen LogP contribution < -0.4 is 5.32 Å². The Labute approximate surface area is 98.4 Å². The molecule has 2 heterocycles. The van der Waals surface area contributed by atoms with Gasteiger partial charge in [-0.1, -0.05) is 6.08 Å². The Hall–Kier alpha value is -1.88. The molecule has 0 aromatic carbocycles. The molecule has 0 amide bonds. The van der Waals surface area contributed by atoms with Gasteiger partial charge in [-0.3, -0.25) is 4.79 Å². The van der Waals surface area contributed by atoms with E-state index in [1.54, 1.807) is 30.6 Å². The fourth-order valence-electron chi connectivity index (χ4n) is 2.14. The Morgan fingerprint density at radius 1 is 1.41 bits per heavy atom. The Balaban J connectivity index is 1.97. The molecule has 17 heavy (non-hydrogen) atoms. The lowest BCUT2D eigenvalue weighted by molar-refractivity contribution is -0.118. The Morgan fingerprint density at radius 3 is 3.06 bits per heavy atom. The first kappa shape index (κ1) is 10.3. The molecule has 0 radical (unpaired) electrons. The zero-order chi connectivity index (χ0) is 11.9. The first-order chi connectivity index (χ1) is 8.17. The molecule has 0 fully saturated rings. The average Bonchev–Trinajstić information content (AvgIpc) is 2.73. The normalized spacial score (nSPS) is 26.8. The largest absolute Gasteiger partial charge is 0.349 e. The molecule has 3 rings (SSSR count). The van der Waals surface area contributed by atoms with Gasteiger partial charge in [0.1, 0.15) is 5.78 Å². The number of Topliss-reactive ketones (excluding diaryl/α,β-unsaturated/α-hetero) is 1. The van der Waals surface area contributed by atoms with E-state index in [9.17, 15) is 9.90 Å². The second-order valence-corrected chi connectivity index (χ2v) is 4.35. The van der Waals surface area contributed by atoms with E-state index in [0.717, 1.165) is 11.3 Å². The molecule has 5 heteroatoms. The van der Waals surface area contributed by atoms with Gasteiger partial charge in [-0.15, -0.1) is 0 Å². The number of aliphatic hydroxyl groups is 1. The number of carbonyl (C=O) groups is 1. The molecule has 1 aliphatic heterocycles. The second-order valence-electron chi connectivity index (χ2n) is 4.35. The van der Waals surface area contributed by atoms with Crippen molar-refractivity contribution in [2.75, 3.05) is 0 Å². The number of hydrogen-bond donors (Lipinski definition) is 2. The van der Waals surface area contributed by atoms with Crippen LogP contribution in [-0.4, -0.2) is 20.7 Å². The maximum atomic E-state index is 11.4. The molecule has 0 saturated carbocycles. The van der Waals surface area contributed by atoms with Crippen molar-refractivity contribution in [3.8, 4) is 0 Å². The van der Waals surface area contributed by atoms with E-state index in [4.69, 9.17) is 0 Å². The van der Waals surface area contributed by atoms with E-state index in [1.165, 1.54) is 4.68 Å². The first-order valence-corrected chi connectivity index (χ1v) is 5.61. The third-order valence-electron chi connectivity index (χ3n) is 3.09. The topological polar surface area (TPSA) is 67.2 Å². The van der Waals surface area contributed by atoms with Crippen LogP contribution in [0.3, 0.4) is 0 Å². The number of fused-ring (bicyclic) bond motifs is 1. The van der Waals surface area contributed by atoms with Crippen LogP contribution in [0.4, 0.5) is 0 Å². The number of nitrogens with one attached hydrogen (secondary N) is 1. The Morgan fingerprint density at radius 2 is 2.29 bits per heavy atom. The summed E-state index contributed by atoms with van der Waals surface area (Å²) in [5.41, 5.74) is 1.82. The zero-order valence-electron chi connectivity index (χ0n) is 9.26. The van der Waals surface area contributed by atoms with Crippen LogP contribution in [0, 0.1) is 0 Å². The van der Waals surface area contributed by atoms with E-state index in [1.807, 2.05) is 0 Å². The van der Waals surface area contributed by atoms with E-state index < -0.39 is 5.85 Å². The summed E-state index contributed by atoms with van der Waals surface area (Å²) < 4.78 is 1.47. The van der Waals surface area contributed by atoms with Crippen molar-refractivity contribution in [2.24, 2.45) is 0 Å². The number of dihydropyridines is 1. The molecule has 1 atom stereocenters. The van der Waals surface area contributed by atoms with Crippen LogP contribution in [0.1, 0.15) is 17.7 Å². The van der Waals surface area contributed by atoms with Crippen molar-refractivity contribution in [1.82, 2.24) is 15.1 Å². The van der Waals surface area contributed by atoms with Crippen molar-refractivity contribution in [3.05, 3.63) is 41.9 Å². The Kier molecular flexibility index (Phi) is 2.16. The Bertz CT molecular complexity index is 530. The van der Waals surface area contributed by atoms with Gasteiger partial charge in [-0.2, -0.15) is 5.10 Å². The van der Waals surface area contributed by atoms with Gasteiger partial charge in [0.05, 0.1) is 5.69 Å². The van der Waals surface area contributed by atoms with Crippen molar-refractivity contribution in [2.45, 2.75) is 25.1 Å². The molecule has 0 spiro atoms. The highest BCUT2D eigenvalue weighted by Crippen LogP contribution is 2.21. The van der Waals surface area contributed by atoms with E-state index in [0.29, 0.717) is 19.3 Å². The number of rotatable bonds is 1. The second kappa shape index (κ2) is 3.56. The number of nitrogens with zero attached hydrogens (tertiary/aromatic N) is 2. The highest BCUT2D eigenvalue weighted by molar-refractivity contribution is 5.82. The van der Waals surface area contributed by atoms with Crippen molar-refractivity contribution in [1.29, 1.82) is 0 Å². The quantitative estimate of drug-likeness (QED) is 0.725. The van der Waals surface area contributed by atoms with Gasteiger partial charge in [0.25, 0.3) is 5.85 Å². The molecule has 88 valence electrons. The molecular weight excluding hydrogens is 218 g/mol. The summed E-state index contributed by atoms with van der Waals surface area (Å²) >= 11 is 0. The van der Waals surface area contributed by atoms with Crippen LogP contribution in [0.5, 0.6) is 0 Å². The highest BCUT2D eigenvalue weighted by Gasteiger charge is 2.29. The maximum Gasteiger partial charge on any atom is 0.256 e. The zero-order valence-corrected chi connectivity index (χ0v) is 9.26. The molecule has 1 aromatic heterocycles. The van der Waals surface area contributed by atoms with E-state index >= 15 is 0 Å². The molecular formula is C12H13N3O2. The summed E-state index contributed by atoms with van der Waals surface area (Å²) in [6.45, 7) is 0. The minimum atomic E-state index is -1.32. The fourth-order valence-corrected chi connectivity index (χ4v) is 2.14. The van der Waals surface area contributed by atoms with Gasteiger partial charge in [-0.25, -0.2) is 4.68 Å². The van der Waals surface area contributed by atoms with Crippen LogP contribution in [0.25, 0.3) is 0 Å². The van der Waals surface area contributed by atoms with Crippen molar-refractivity contribution >= 4 is 5.78 Å². The lowest BCUT2D eigenvalue weighted by Crippen LogP contribution is -2.44. The lowest BCUT2D eigenvalue weighted by Gasteiger charge is -2.26. The lowest BCUT2D eigenvalue weighted by atomic mass is 9.97. The van der Waals surface area contributed by atoms with Gasteiger partial charge in [-0.05, 0) is 18.6 Å². The monoisotopic (exact) mass is 231 g/mol. The van der Waals surface area contributed by atoms with Gasteiger partial charge in [0, 0.05) is 30.8 Å². The van der Waals surface area contributed by atoms with Crippen LogP contribution >= 0.6 is 0 Å². The van der Waals surface area contributed by atoms with Gasteiger partial charge in [0.15, 0.2) is 0 Å². The number of allylic oxidation sites excluding steroid dienone is 2. The number of aryl methyl sites for hydroxylation is 1. The summed E-state index contributed by atoms with van der Waals surface area (Å²) in [6.07, 6.45) is 10.2. The summed E-state index contributed by atoms with van der Waals surface area (Å²) in [4.78, 5) is 11.4. The first-order valence-electron chi connectivity index (χ1n) is 5.61. The van der Waals surface area contributed by atoms with Crippen molar-refractivity contribution in [3.63, 3.8) is 0 Å². The molecule has 1 aromatic rings. The standard InChI is InChI=1S/C12H13N3O2/c16-10-3-4-11-9(7-10)8-15(14-11)12(17)5-1-2-6-13-12/h1-2,5-6,8,13,17H,3-4,7H2. The molecule has 1 unspecified atom stereocenters. The van der Waals surface area contributed by atoms with Crippen molar-refractivity contribution < 1.29 is 9.90 Å². The smallest absolute Gasteiger partial charge is 0.256 e. The predicted molar refractivity (Wildman–Crippen MR) is 60.9 cm³/mol. The SMILES string of the molecule is O=C1CCc2nn(C3(O)C=CC=CN3)cc2C1. The van der Waals surface area contributed by atoms with Gasteiger partial charge in [0.2, 0.25) is 0 Å². The summed E-state index contributed by atoms with van der Waals surface area (Å²) in [6, 6.07) is 0.